The highest BCUT2D eigenvalue weighted by Crippen LogP contribution is 2.41. The summed E-state index contributed by atoms with van der Waals surface area (Å²) < 4.78 is 124. The molecule has 0 aliphatic heterocycles. The molecule has 54 heavy (non-hydrogen) atoms. The van der Waals surface area contributed by atoms with Gasteiger partial charge in [-0.05, 0) is 71.4 Å². The van der Waals surface area contributed by atoms with E-state index in [1.165, 1.54) is 60.7 Å². The number of phenolic OH excluding ortho intramolecular Hbond substituents is 2. The fourth-order valence-electron chi connectivity index (χ4n) is 5.33. The SMILES string of the molecule is O=C(Nc1ccc(S(=O)(=O)Nc2c(S(=O)(=O)O)cc3ccccc3c2O)cc1)Nc1ccc(S(=O)(=O)Nc2c(S(=O)(=O)O)cc3ccccc3c2O)cc1. The van der Waals surface area contributed by atoms with Gasteiger partial charge in [0.1, 0.15) is 32.7 Å². The van der Waals surface area contributed by atoms with Gasteiger partial charge in [-0.3, -0.25) is 18.5 Å². The smallest absolute Gasteiger partial charge is 0.323 e. The number of sulfonamides is 2. The van der Waals surface area contributed by atoms with Crippen LogP contribution in [0.3, 0.4) is 0 Å². The van der Waals surface area contributed by atoms with E-state index in [0.29, 0.717) is 0 Å². The number of benzene rings is 6. The summed E-state index contributed by atoms with van der Waals surface area (Å²) in [5, 5.41) is 27.0. The minimum absolute atomic E-state index is 0.0897. The number of carbonyl (C=O) groups is 1. The van der Waals surface area contributed by atoms with Crippen molar-refractivity contribution in [3.63, 3.8) is 0 Å². The first-order chi connectivity index (χ1) is 25.2. The van der Waals surface area contributed by atoms with Crippen LogP contribution in [0.25, 0.3) is 21.5 Å². The Bertz CT molecular complexity index is 2740. The molecule has 6 aromatic carbocycles. The highest BCUT2D eigenvalue weighted by atomic mass is 32.2. The molecule has 0 saturated carbocycles. The van der Waals surface area contributed by atoms with Gasteiger partial charge in [-0.25, -0.2) is 21.6 Å². The van der Waals surface area contributed by atoms with Crippen LogP contribution in [0.5, 0.6) is 11.5 Å². The van der Waals surface area contributed by atoms with Crippen molar-refractivity contribution in [1.29, 1.82) is 0 Å². The molecule has 0 spiro atoms. The molecule has 8 N–H and O–H groups in total. The summed E-state index contributed by atoms with van der Waals surface area (Å²) in [7, 11) is -19.1. The van der Waals surface area contributed by atoms with Gasteiger partial charge in [0.25, 0.3) is 40.3 Å². The second kappa shape index (κ2) is 13.8. The van der Waals surface area contributed by atoms with E-state index >= 15 is 0 Å². The number of hydrogen-bond donors (Lipinski definition) is 8. The molecular weight excluding hydrogens is 789 g/mol. The van der Waals surface area contributed by atoms with Crippen molar-refractivity contribution < 1.29 is 57.8 Å². The average Bonchev–Trinajstić information content (AvgIpc) is 3.10. The van der Waals surface area contributed by atoms with Crippen LogP contribution in [-0.4, -0.2) is 59.0 Å². The first-order valence-corrected chi connectivity index (χ1v) is 20.9. The number of carbonyl (C=O) groups excluding carboxylic acids is 1. The third-order valence-corrected chi connectivity index (χ3v) is 12.3. The van der Waals surface area contributed by atoms with Gasteiger partial charge in [0.2, 0.25) is 0 Å². The van der Waals surface area contributed by atoms with Crippen molar-refractivity contribution in [3.05, 3.63) is 109 Å². The van der Waals surface area contributed by atoms with Gasteiger partial charge >= 0.3 is 6.03 Å². The number of amides is 2. The number of anilines is 4. The normalized spacial score (nSPS) is 12.3. The second-order valence-corrected chi connectivity index (χ2v) is 17.6. The molecule has 6 aromatic rings. The molecule has 17 nitrogen and oxygen atoms in total. The van der Waals surface area contributed by atoms with Crippen LogP contribution in [0.1, 0.15) is 0 Å². The zero-order valence-electron chi connectivity index (χ0n) is 27.0. The third-order valence-electron chi connectivity index (χ3n) is 7.85. The predicted molar refractivity (Wildman–Crippen MR) is 198 cm³/mol. The fourth-order valence-corrected chi connectivity index (χ4v) is 8.99. The first kappa shape index (κ1) is 37.8. The Morgan fingerprint density at radius 1 is 0.481 bits per heavy atom. The molecule has 280 valence electrons. The van der Waals surface area contributed by atoms with Gasteiger partial charge in [0, 0.05) is 22.1 Å². The number of nitrogens with one attached hydrogen (secondary N) is 4. The summed E-state index contributed by atoms with van der Waals surface area (Å²) >= 11 is 0. The van der Waals surface area contributed by atoms with Gasteiger partial charge in [0.15, 0.2) is 0 Å². The number of urea groups is 1. The maximum atomic E-state index is 13.2. The van der Waals surface area contributed by atoms with Gasteiger partial charge in [-0.15, -0.1) is 0 Å². The van der Waals surface area contributed by atoms with E-state index in [9.17, 15) is 57.8 Å². The van der Waals surface area contributed by atoms with E-state index in [4.69, 9.17) is 0 Å². The van der Waals surface area contributed by atoms with Crippen LogP contribution >= 0.6 is 0 Å². The standard InChI is InChI=1S/C33H26N4O13S4/c38-31-25-7-3-1-5-19(25)17-27(53(45,46)47)29(31)36-51(41,42)23-13-9-21(10-14-23)34-33(40)35-22-11-15-24(16-12-22)52(43,44)37-30-28(54(48,49)50)18-20-6-2-4-8-26(20)32(30)39/h1-18,36-39H,(H2,34,35,40)(H,45,46,47)(H,48,49,50). The molecule has 0 aromatic heterocycles. The van der Waals surface area contributed by atoms with Crippen molar-refractivity contribution in [3.8, 4) is 11.5 Å². The highest BCUT2D eigenvalue weighted by molar-refractivity contribution is 7.93. The lowest BCUT2D eigenvalue weighted by Crippen LogP contribution is -2.20. The number of aromatic hydroxyl groups is 2. The van der Waals surface area contributed by atoms with Crippen molar-refractivity contribution in [2.24, 2.45) is 0 Å². The van der Waals surface area contributed by atoms with Gasteiger partial charge < -0.3 is 20.8 Å². The molecular formula is C33H26N4O13S4. The van der Waals surface area contributed by atoms with Crippen LogP contribution in [0.2, 0.25) is 0 Å². The molecule has 2 amide bonds. The molecule has 0 heterocycles. The Hall–Kier alpha value is -5.97. The lowest BCUT2D eigenvalue weighted by molar-refractivity contribution is 0.262. The summed E-state index contributed by atoms with van der Waals surface area (Å²) in [5.74, 6) is -1.48. The minimum Gasteiger partial charge on any atom is -0.505 e. The largest absolute Gasteiger partial charge is 0.505 e. The summed E-state index contributed by atoms with van der Waals surface area (Å²) in [6.45, 7) is 0. The Balaban J connectivity index is 1.15. The quantitative estimate of drug-likeness (QED) is 0.0657. The molecule has 0 aliphatic carbocycles. The average molecular weight is 815 g/mol. The summed E-state index contributed by atoms with van der Waals surface area (Å²) in [6.07, 6.45) is 0. The second-order valence-electron chi connectivity index (χ2n) is 11.4. The molecule has 0 atom stereocenters. The maximum absolute atomic E-state index is 13.2. The van der Waals surface area contributed by atoms with E-state index < -0.39 is 88.8 Å². The van der Waals surface area contributed by atoms with E-state index in [2.05, 4.69) is 10.6 Å². The molecule has 0 unspecified atom stereocenters. The maximum Gasteiger partial charge on any atom is 0.323 e. The van der Waals surface area contributed by atoms with Crippen molar-refractivity contribution in [1.82, 2.24) is 0 Å². The summed E-state index contributed by atoms with van der Waals surface area (Å²) in [5.41, 5.74) is -1.37. The van der Waals surface area contributed by atoms with E-state index in [-0.39, 0.29) is 32.9 Å². The topological polar surface area (TPSA) is 283 Å². The van der Waals surface area contributed by atoms with Crippen LogP contribution in [-0.2, 0) is 40.3 Å². The number of fused-ring (bicyclic) bond motifs is 2. The molecule has 6 rings (SSSR count). The Morgan fingerprint density at radius 2 is 0.815 bits per heavy atom. The number of rotatable bonds is 10. The predicted octanol–water partition coefficient (Wildman–Crippen LogP) is 5.14. The minimum atomic E-state index is -5.00. The zero-order valence-corrected chi connectivity index (χ0v) is 30.3. The van der Waals surface area contributed by atoms with Crippen LogP contribution in [0, 0.1) is 0 Å². The van der Waals surface area contributed by atoms with Gasteiger partial charge in [0.05, 0.1) is 9.79 Å². The van der Waals surface area contributed by atoms with Gasteiger partial charge in [-0.1, -0.05) is 48.5 Å². The Kier molecular flexibility index (Phi) is 9.64. The lowest BCUT2D eigenvalue weighted by atomic mass is 10.1. The Labute approximate surface area is 307 Å². The van der Waals surface area contributed by atoms with Crippen molar-refractivity contribution in [2.75, 3.05) is 20.1 Å². The number of hydrogen-bond acceptors (Lipinski definition) is 11. The van der Waals surface area contributed by atoms with Crippen LogP contribution in [0.4, 0.5) is 27.5 Å². The van der Waals surface area contributed by atoms with E-state index in [0.717, 1.165) is 36.4 Å². The van der Waals surface area contributed by atoms with E-state index in [1.807, 2.05) is 9.44 Å². The van der Waals surface area contributed by atoms with Crippen molar-refractivity contribution >= 4 is 90.6 Å². The van der Waals surface area contributed by atoms with Gasteiger partial charge in [-0.2, -0.15) is 16.8 Å². The third kappa shape index (κ3) is 7.71. The molecule has 21 heteroatoms. The fraction of sp³-hybridized carbons (Fsp3) is 0. The molecule has 0 bridgehead atoms. The highest BCUT2D eigenvalue weighted by Gasteiger charge is 2.28. The van der Waals surface area contributed by atoms with Crippen LogP contribution in [0.15, 0.2) is 129 Å². The monoisotopic (exact) mass is 814 g/mol. The lowest BCUT2D eigenvalue weighted by Gasteiger charge is -2.15. The first-order valence-electron chi connectivity index (χ1n) is 15.0. The zero-order chi connectivity index (χ0) is 39.2. The molecule has 0 saturated heterocycles. The van der Waals surface area contributed by atoms with E-state index in [1.54, 1.807) is 12.1 Å². The molecule has 0 fully saturated rings. The summed E-state index contributed by atoms with van der Waals surface area (Å²) in [6, 6.07) is 22.1. The molecule has 0 radical (unpaired) electrons. The number of phenols is 2. The molecule has 0 aliphatic rings. The van der Waals surface area contributed by atoms with Crippen molar-refractivity contribution in [2.45, 2.75) is 19.6 Å². The van der Waals surface area contributed by atoms with Crippen LogP contribution < -0.4 is 20.1 Å². The summed E-state index contributed by atoms with van der Waals surface area (Å²) in [4.78, 5) is 10.1. The Morgan fingerprint density at radius 3 is 1.15 bits per heavy atom.